The van der Waals surface area contributed by atoms with Crippen molar-refractivity contribution in [3.05, 3.63) is 30.3 Å². The highest BCUT2D eigenvalue weighted by atomic mass is 31.2. The minimum atomic E-state index is -3.33. The fourth-order valence-corrected chi connectivity index (χ4v) is 3.84. The van der Waals surface area contributed by atoms with Gasteiger partial charge >= 0.3 is 19.5 Å². The number of ether oxygens (including phenoxy) is 2. The molecule has 0 radical (unpaired) electrons. The fraction of sp³-hybridized carbons (Fsp3) is 0.600. The third-order valence-electron chi connectivity index (χ3n) is 4.50. The molecule has 1 aromatic carbocycles. The molecule has 2 atom stereocenters. The number of benzene rings is 1. The van der Waals surface area contributed by atoms with Gasteiger partial charge in [-0.25, -0.2) is 4.57 Å². The first kappa shape index (κ1) is 24.2. The molecule has 0 aliphatic rings. The van der Waals surface area contributed by atoms with Crippen molar-refractivity contribution >= 4 is 19.5 Å². The average molecular weight is 414 g/mol. The Balaban J connectivity index is 2.55. The highest BCUT2D eigenvalue weighted by Crippen LogP contribution is 2.44. The van der Waals surface area contributed by atoms with E-state index >= 15 is 0 Å². The molecule has 7 nitrogen and oxygen atoms in total. The number of esters is 2. The van der Waals surface area contributed by atoms with Gasteiger partial charge in [-0.3, -0.25) is 14.1 Å². The van der Waals surface area contributed by atoms with Crippen molar-refractivity contribution in [1.82, 2.24) is 0 Å². The van der Waals surface area contributed by atoms with Gasteiger partial charge in [0.25, 0.3) is 0 Å². The number of methoxy groups -OCH3 is 1. The molecule has 28 heavy (non-hydrogen) atoms. The van der Waals surface area contributed by atoms with Gasteiger partial charge in [0.1, 0.15) is 12.4 Å². The SMILES string of the molecule is CCC(C)(CC(C)(C)C(=O)OC)C(=O)OCCOP(C)(=O)Oc1ccccc1. The summed E-state index contributed by atoms with van der Waals surface area (Å²) in [6.45, 7) is 8.31. The van der Waals surface area contributed by atoms with E-state index in [-0.39, 0.29) is 25.6 Å². The minimum Gasteiger partial charge on any atom is -0.469 e. The second kappa shape index (κ2) is 10.1. The summed E-state index contributed by atoms with van der Waals surface area (Å²) in [5, 5.41) is 0. The van der Waals surface area contributed by atoms with E-state index in [2.05, 4.69) is 0 Å². The van der Waals surface area contributed by atoms with Crippen molar-refractivity contribution in [3.63, 3.8) is 0 Å². The third-order valence-corrected chi connectivity index (χ3v) is 5.69. The van der Waals surface area contributed by atoms with Crippen LogP contribution in [-0.4, -0.2) is 38.9 Å². The molecule has 0 N–H and O–H groups in total. The van der Waals surface area contributed by atoms with Crippen LogP contribution in [0.2, 0.25) is 0 Å². The lowest BCUT2D eigenvalue weighted by Gasteiger charge is -2.33. The van der Waals surface area contributed by atoms with E-state index in [9.17, 15) is 14.2 Å². The maximum atomic E-state index is 12.6. The zero-order valence-electron chi connectivity index (χ0n) is 17.5. The maximum absolute atomic E-state index is 12.6. The standard InChI is InChI=1S/C20H31O7P/c1-7-20(4,15-19(2,3)17(21)24-5)18(22)25-13-14-26-28(6,23)27-16-11-9-8-10-12-16/h8-12H,7,13-15H2,1-6H3. The van der Waals surface area contributed by atoms with Crippen LogP contribution in [0.4, 0.5) is 0 Å². The number of para-hydroxylation sites is 1. The molecule has 158 valence electrons. The van der Waals surface area contributed by atoms with Crippen LogP contribution >= 0.6 is 7.60 Å². The van der Waals surface area contributed by atoms with Gasteiger partial charge in [-0.05, 0) is 45.7 Å². The van der Waals surface area contributed by atoms with Crippen LogP contribution in [0, 0.1) is 10.8 Å². The quantitative estimate of drug-likeness (QED) is 0.300. The van der Waals surface area contributed by atoms with Crippen LogP contribution in [0.3, 0.4) is 0 Å². The lowest BCUT2D eigenvalue weighted by molar-refractivity contribution is -0.162. The second-order valence-corrected chi connectivity index (χ2v) is 9.59. The molecular formula is C20H31O7P. The highest BCUT2D eigenvalue weighted by molar-refractivity contribution is 7.53. The van der Waals surface area contributed by atoms with Crippen LogP contribution < -0.4 is 4.52 Å². The summed E-state index contributed by atoms with van der Waals surface area (Å²) in [6.07, 6.45) is 0.781. The van der Waals surface area contributed by atoms with Crippen LogP contribution in [0.5, 0.6) is 5.75 Å². The summed E-state index contributed by atoms with van der Waals surface area (Å²) in [6, 6.07) is 8.70. The highest BCUT2D eigenvalue weighted by Gasteiger charge is 2.42. The van der Waals surface area contributed by atoms with Gasteiger partial charge in [0, 0.05) is 6.66 Å². The average Bonchev–Trinajstić information content (AvgIpc) is 2.64. The van der Waals surface area contributed by atoms with Crippen LogP contribution in [0.25, 0.3) is 0 Å². The zero-order chi connectivity index (χ0) is 21.4. The molecule has 0 aliphatic carbocycles. The lowest BCUT2D eigenvalue weighted by atomic mass is 9.72. The third kappa shape index (κ3) is 7.28. The molecule has 0 amide bonds. The Bertz CT molecular complexity index is 702. The number of hydrogen-bond acceptors (Lipinski definition) is 7. The molecule has 1 aromatic rings. The number of rotatable bonds is 11. The van der Waals surface area contributed by atoms with Crippen molar-refractivity contribution in [2.45, 2.75) is 40.5 Å². The molecule has 0 heterocycles. The van der Waals surface area contributed by atoms with E-state index in [1.165, 1.54) is 13.8 Å². The van der Waals surface area contributed by atoms with Gasteiger partial charge < -0.3 is 14.0 Å². The topological polar surface area (TPSA) is 88.1 Å². The Kier molecular flexibility index (Phi) is 8.71. The van der Waals surface area contributed by atoms with Gasteiger partial charge in [0.2, 0.25) is 0 Å². The monoisotopic (exact) mass is 414 g/mol. The van der Waals surface area contributed by atoms with Crippen molar-refractivity contribution in [3.8, 4) is 5.75 Å². The normalized spacial score (nSPS) is 15.8. The van der Waals surface area contributed by atoms with Crippen LogP contribution in [-0.2, 0) is 28.2 Å². The second-order valence-electron chi connectivity index (χ2n) is 7.61. The maximum Gasteiger partial charge on any atom is 0.376 e. The first-order valence-corrected chi connectivity index (χ1v) is 11.2. The van der Waals surface area contributed by atoms with Crippen LogP contribution in [0.15, 0.2) is 30.3 Å². The van der Waals surface area contributed by atoms with Crippen molar-refractivity contribution in [1.29, 1.82) is 0 Å². The number of hydrogen-bond donors (Lipinski definition) is 0. The van der Waals surface area contributed by atoms with Crippen molar-refractivity contribution < 1.29 is 32.7 Å². The number of carbonyl (C=O) groups excluding carboxylic acids is 2. The molecular weight excluding hydrogens is 383 g/mol. The Morgan fingerprint density at radius 1 is 1.04 bits per heavy atom. The fourth-order valence-electron chi connectivity index (χ4n) is 2.88. The van der Waals surface area contributed by atoms with E-state index < -0.39 is 24.4 Å². The van der Waals surface area contributed by atoms with Gasteiger partial charge in [0.05, 0.1) is 24.5 Å². The van der Waals surface area contributed by atoms with E-state index in [0.717, 1.165) is 0 Å². The van der Waals surface area contributed by atoms with Gasteiger partial charge in [-0.2, -0.15) is 0 Å². The van der Waals surface area contributed by atoms with Crippen molar-refractivity contribution in [2.75, 3.05) is 27.0 Å². The molecule has 0 fully saturated rings. The summed E-state index contributed by atoms with van der Waals surface area (Å²) in [5.41, 5.74) is -1.67. The predicted molar refractivity (Wildman–Crippen MR) is 106 cm³/mol. The van der Waals surface area contributed by atoms with Gasteiger partial charge in [-0.15, -0.1) is 0 Å². The van der Waals surface area contributed by atoms with Gasteiger partial charge in [0.15, 0.2) is 0 Å². The molecule has 0 saturated heterocycles. The Morgan fingerprint density at radius 3 is 2.18 bits per heavy atom. The summed E-state index contributed by atoms with van der Waals surface area (Å²) in [7, 11) is -2.00. The first-order valence-electron chi connectivity index (χ1n) is 9.18. The largest absolute Gasteiger partial charge is 0.469 e. The Labute approximate surface area is 167 Å². The van der Waals surface area contributed by atoms with E-state index in [4.69, 9.17) is 18.5 Å². The zero-order valence-corrected chi connectivity index (χ0v) is 18.4. The summed E-state index contributed by atoms with van der Waals surface area (Å²) < 4.78 is 33.1. The molecule has 0 aliphatic heterocycles. The lowest BCUT2D eigenvalue weighted by Crippen LogP contribution is -2.38. The molecule has 2 unspecified atom stereocenters. The smallest absolute Gasteiger partial charge is 0.376 e. The van der Waals surface area contributed by atoms with Crippen LogP contribution in [0.1, 0.15) is 40.5 Å². The Morgan fingerprint density at radius 2 is 1.64 bits per heavy atom. The van der Waals surface area contributed by atoms with E-state index in [0.29, 0.717) is 12.2 Å². The van der Waals surface area contributed by atoms with Crippen molar-refractivity contribution in [2.24, 2.45) is 10.8 Å². The molecule has 0 bridgehead atoms. The van der Waals surface area contributed by atoms with Gasteiger partial charge in [-0.1, -0.05) is 25.1 Å². The summed E-state index contributed by atoms with van der Waals surface area (Å²) >= 11 is 0. The molecule has 1 rings (SSSR count). The van der Waals surface area contributed by atoms with E-state index in [1.807, 2.05) is 13.0 Å². The molecule has 0 spiro atoms. The molecule has 0 aromatic heterocycles. The summed E-state index contributed by atoms with van der Waals surface area (Å²) in [4.78, 5) is 24.5. The minimum absolute atomic E-state index is 0.0630. The summed E-state index contributed by atoms with van der Waals surface area (Å²) in [5.74, 6) is -0.382. The Hall–Kier alpha value is -1.85. The first-order chi connectivity index (χ1) is 13.0. The molecule has 0 saturated carbocycles. The molecule has 8 heteroatoms. The number of carbonyl (C=O) groups is 2. The predicted octanol–water partition coefficient (Wildman–Crippen LogP) is 4.45. The van der Waals surface area contributed by atoms with E-state index in [1.54, 1.807) is 45.0 Å².